The summed E-state index contributed by atoms with van der Waals surface area (Å²) in [4.78, 5) is 5.49. The van der Waals surface area contributed by atoms with Gasteiger partial charge in [-0.25, -0.2) is 8.42 Å². The van der Waals surface area contributed by atoms with E-state index in [4.69, 9.17) is 4.84 Å². The highest BCUT2D eigenvalue weighted by Crippen LogP contribution is 2.42. The molecule has 1 aliphatic rings. The number of hydroxylamine groups is 1. The molecule has 0 saturated carbocycles. The molecule has 20 heavy (non-hydrogen) atoms. The third-order valence-electron chi connectivity index (χ3n) is 3.27. The van der Waals surface area contributed by atoms with Crippen molar-refractivity contribution in [2.24, 2.45) is 0 Å². The maximum atomic E-state index is 12.4. The van der Waals surface area contributed by atoms with Crippen LogP contribution in [0.1, 0.15) is 22.9 Å². The first kappa shape index (κ1) is 13.3. The highest BCUT2D eigenvalue weighted by Gasteiger charge is 2.48. The van der Waals surface area contributed by atoms with Crippen molar-refractivity contribution in [3.63, 3.8) is 0 Å². The van der Waals surface area contributed by atoms with Crippen LogP contribution in [0.3, 0.4) is 0 Å². The Labute approximate surface area is 118 Å². The summed E-state index contributed by atoms with van der Waals surface area (Å²) in [6.07, 6.45) is -0.512. The van der Waals surface area contributed by atoms with Gasteiger partial charge in [-0.05, 0) is 30.4 Å². The normalized spacial score (nSPS) is 21.7. The van der Waals surface area contributed by atoms with Gasteiger partial charge in [-0.3, -0.25) is 4.84 Å². The van der Waals surface area contributed by atoms with Crippen molar-refractivity contribution in [1.29, 1.82) is 0 Å². The summed E-state index contributed by atoms with van der Waals surface area (Å²) in [6.45, 7) is 3.90. The SMILES string of the molecule is Cc1ccc([C@H]2ON2S(=O)(=O)c2ccc(C)cc2)cc1. The zero-order valence-electron chi connectivity index (χ0n) is 11.3. The van der Waals surface area contributed by atoms with Crippen molar-refractivity contribution in [1.82, 2.24) is 4.47 Å². The number of sulfonamides is 1. The summed E-state index contributed by atoms with van der Waals surface area (Å²) in [6, 6.07) is 14.4. The fourth-order valence-electron chi connectivity index (χ4n) is 1.98. The summed E-state index contributed by atoms with van der Waals surface area (Å²) in [5.41, 5.74) is 2.99. The van der Waals surface area contributed by atoms with Crippen LogP contribution in [0.15, 0.2) is 53.4 Å². The molecule has 3 rings (SSSR count). The molecular weight excluding hydrogens is 274 g/mol. The topological polar surface area (TPSA) is 49.7 Å². The van der Waals surface area contributed by atoms with E-state index in [1.165, 1.54) is 0 Å². The van der Waals surface area contributed by atoms with Crippen molar-refractivity contribution in [2.45, 2.75) is 25.0 Å². The van der Waals surface area contributed by atoms with Crippen molar-refractivity contribution in [3.8, 4) is 0 Å². The second-order valence-corrected chi connectivity index (χ2v) is 6.72. The summed E-state index contributed by atoms with van der Waals surface area (Å²) in [7, 11) is -3.58. The fourth-order valence-corrected chi connectivity index (χ4v) is 3.24. The van der Waals surface area contributed by atoms with Gasteiger partial charge in [0.2, 0.25) is 0 Å². The average molecular weight is 289 g/mol. The summed E-state index contributed by atoms with van der Waals surface area (Å²) >= 11 is 0. The van der Waals surface area contributed by atoms with Crippen LogP contribution in [0.25, 0.3) is 0 Å². The lowest BCUT2D eigenvalue weighted by atomic mass is 10.1. The Morgan fingerprint density at radius 1 is 0.900 bits per heavy atom. The Hall–Kier alpha value is -1.69. The average Bonchev–Trinajstić information content (AvgIpc) is 3.21. The van der Waals surface area contributed by atoms with E-state index in [0.29, 0.717) is 0 Å². The molecule has 2 aromatic carbocycles. The lowest BCUT2D eigenvalue weighted by Crippen LogP contribution is -2.12. The molecule has 1 unspecified atom stereocenters. The van der Waals surface area contributed by atoms with Gasteiger partial charge in [0, 0.05) is 5.56 Å². The molecule has 0 bridgehead atoms. The Bertz CT molecular complexity index is 721. The molecule has 2 atom stereocenters. The molecule has 0 amide bonds. The molecule has 5 heteroatoms. The molecule has 1 saturated heterocycles. The van der Waals surface area contributed by atoms with Gasteiger partial charge in [0.05, 0.1) is 4.90 Å². The van der Waals surface area contributed by atoms with Gasteiger partial charge in [-0.1, -0.05) is 47.5 Å². The highest BCUT2D eigenvalue weighted by atomic mass is 32.2. The van der Waals surface area contributed by atoms with Crippen LogP contribution in [0.4, 0.5) is 0 Å². The molecular formula is C15H15NO3S. The molecule has 0 N–H and O–H groups in total. The minimum Gasteiger partial charge on any atom is -0.253 e. The molecule has 104 valence electrons. The Kier molecular flexibility index (Phi) is 3.12. The first-order chi connectivity index (χ1) is 9.48. The third-order valence-corrected chi connectivity index (χ3v) is 4.89. The predicted molar refractivity (Wildman–Crippen MR) is 75.2 cm³/mol. The van der Waals surface area contributed by atoms with Gasteiger partial charge < -0.3 is 0 Å². The Morgan fingerprint density at radius 3 is 1.95 bits per heavy atom. The fraction of sp³-hybridized carbons (Fsp3) is 0.200. The molecule has 2 aromatic rings. The van der Waals surface area contributed by atoms with Crippen LogP contribution >= 0.6 is 0 Å². The maximum Gasteiger partial charge on any atom is 0.267 e. The van der Waals surface area contributed by atoms with E-state index < -0.39 is 16.3 Å². The molecule has 0 aromatic heterocycles. The van der Waals surface area contributed by atoms with Crippen LogP contribution in [0.2, 0.25) is 0 Å². The molecule has 1 heterocycles. The van der Waals surface area contributed by atoms with Crippen LogP contribution in [-0.4, -0.2) is 12.9 Å². The largest absolute Gasteiger partial charge is 0.267 e. The minimum absolute atomic E-state index is 0.248. The van der Waals surface area contributed by atoms with Crippen molar-refractivity contribution in [2.75, 3.05) is 0 Å². The zero-order chi connectivity index (χ0) is 14.3. The summed E-state index contributed by atoms with van der Waals surface area (Å²) < 4.78 is 25.8. The lowest BCUT2D eigenvalue weighted by Gasteiger charge is -2.03. The lowest BCUT2D eigenvalue weighted by molar-refractivity contribution is 0.283. The second-order valence-electron chi connectivity index (χ2n) is 4.94. The molecule has 0 radical (unpaired) electrons. The number of nitrogens with zero attached hydrogens (tertiary/aromatic N) is 1. The number of hydrogen-bond donors (Lipinski definition) is 0. The van der Waals surface area contributed by atoms with Crippen molar-refractivity contribution in [3.05, 3.63) is 65.2 Å². The summed E-state index contributed by atoms with van der Waals surface area (Å²) in [5, 5.41) is 0. The molecule has 1 aliphatic heterocycles. The van der Waals surface area contributed by atoms with E-state index in [0.717, 1.165) is 21.2 Å². The van der Waals surface area contributed by atoms with E-state index in [-0.39, 0.29) is 4.90 Å². The van der Waals surface area contributed by atoms with Gasteiger partial charge >= 0.3 is 0 Å². The maximum absolute atomic E-state index is 12.4. The smallest absolute Gasteiger partial charge is 0.253 e. The van der Waals surface area contributed by atoms with Crippen LogP contribution < -0.4 is 0 Å². The minimum atomic E-state index is -3.58. The monoisotopic (exact) mass is 289 g/mol. The van der Waals surface area contributed by atoms with E-state index in [9.17, 15) is 8.42 Å². The first-order valence-electron chi connectivity index (χ1n) is 6.33. The number of rotatable bonds is 3. The van der Waals surface area contributed by atoms with Crippen molar-refractivity contribution >= 4 is 10.0 Å². The Morgan fingerprint density at radius 2 is 1.40 bits per heavy atom. The van der Waals surface area contributed by atoms with Crippen LogP contribution in [0, 0.1) is 13.8 Å². The Balaban J connectivity index is 1.84. The zero-order valence-corrected chi connectivity index (χ0v) is 12.1. The second kappa shape index (κ2) is 4.70. The summed E-state index contributed by atoms with van der Waals surface area (Å²) in [5.74, 6) is 0. The molecule has 4 nitrogen and oxygen atoms in total. The van der Waals surface area contributed by atoms with Crippen LogP contribution in [0.5, 0.6) is 0 Å². The quantitative estimate of drug-likeness (QED) is 0.816. The van der Waals surface area contributed by atoms with Crippen LogP contribution in [-0.2, 0) is 14.9 Å². The van der Waals surface area contributed by atoms with Gasteiger partial charge in [-0.15, -0.1) is 0 Å². The van der Waals surface area contributed by atoms with Gasteiger partial charge in [0.15, 0.2) is 6.23 Å². The molecule has 0 spiro atoms. The number of aryl methyl sites for hydroxylation is 2. The molecule has 0 aliphatic carbocycles. The first-order valence-corrected chi connectivity index (χ1v) is 7.77. The van der Waals surface area contributed by atoms with Gasteiger partial charge in [0.1, 0.15) is 0 Å². The number of hydrogen-bond acceptors (Lipinski definition) is 3. The van der Waals surface area contributed by atoms with Gasteiger partial charge in [-0.2, -0.15) is 0 Å². The number of benzene rings is 2. The third kappa shape index (κ3) is 2.35. The highest BCUT2D eigenvalue weighted by molar-refractivity contribution is 7.89. The van der Waals surface area contributed by atoms with E-state index in [2.05, 4.69) is 0 Å². The predicted octanol–water partition coefficient (Wildman–Crippen LogP) is 2.94. The van der Waals surface area contributed by atoms with E-state index >= 15 is 0 Å². The standard InChI is InChI=1S/C15H15NO3S/c1-11-3-7-13(8-4-11)15-16(19-15)20(17,18)14-9-5-12(2)6-10-14/h3-10,15H,1-2H3/t15-,16?/m1/s1. The van der Waals surface area contributed by atoms with Gasteiger partial charge in [0.25, 0.3) is 10.0 Å². The van der Waals surface area contributed by atoms with E-state index in [1.54, 1.807) is 24.3 Å². The van der Waals surface area contributed by atoms with Crippen molar-refractivity contribution < 1.29 is 13.3 Å². The van der Waals surface area contributed by atoms with E-state index in [1.807, 2.05) is 38.1 Å². The molecule has 1 fully saturated rings.